The molecule has 160 valence electrons. The van der Waals surface area contributed by atoms with Gasteiger partial charge in [-0.15, -0.1) is 11.3 Å². The van der Waals surface area contributed by atoms with E-state index in [1.54, 1.807) is 6.08 Å². The summed E-state index contributed by atoms with van der Waals surface area (Å²) in [6.45, 7) is 2.58. The Morgan fingerprint density at radius 1 is 1.06 bits per heavy atom. The number of benzene rings is 3. The van der Waals surface area contributed by atoms with Crippen LogP contribution in [0, 0.1) is 6.92 Å². The molecule has 0 unspecified atom stereocenters. The summed E-state index contributed by atoms with van der Waals surface area (Å²) >= 11 is 7.57. The monoisotopic (exact) mass is 460 g/mol. The number of rotatable bonds is 7. The number of thiazole rings is 1. The molecule has 32 heavy (non-hydrogen) atoms. The second-order valence-corrected chi connectivity index (χ2v) is 8.45. The Morgan fingerprint density at radius 2 is 1.81 bits per heavy atom. The molecule has 1 heterocycles. The van der Waals surface area contributed by atoms with Gasteiger partial charge in [0.05, 0.1) is 5.69 Å². The molecule has 0 saturated heterocycles. The lowest BCUT2D eigenvalue weighted by atomic mass is 10.1. The fraction of sp³-hybridized carbons (Fsp3) is 0.0769. The molecule has 4 rings (SSSR count). The first-order valence-electron chi connectivity index (χ1n) is 10.0. The van der Waals surface area contributed by atoms with Crippen molar-refractivity contribution in [3.8, 4) is 17.0 Å². The summed E-state index contributed by atoms with van der Waals surface area (Å²) < 4.78 is 5.82. The molecule has 0 aliphatic rings. The van der Waals surface area contributed by atoms with E-state index in [-0.39, 0.29) is 5.91 Å². The molecule has 0 fully saturated rings. The van der Waals surface area contributed by atoms with Crippen LogP contribution >= 0.6 is 22.9 Å². The van der Waals surface area contributed by atoms with E-state index in [2.05, 4.69) is 41.5 Å². The summed E-state index contributed by atoms with van der Waals surface area (Å²) in [4.78, 5) is 16.7. The van der Waals surface area contributed by atoms with Crippen LogP contribution in [0.5, 0.6) is 5.75 Å². The second-order valence-electron chi connectivity index (χ2n) is 7.18. The number of aromatic nitrogens is 1. The van der Waals surface area contributed by atoms with Gasteiger partial charge in [0, 0.05) is 22.0 Å². The van der Waals surface area contributed by atoms with Crippen LogP contribution < -0.4 is 10.1 Å². The molecular formula is C26H21ClN2O2S. The molecule has 4 aromatic rings. The minimum atomic E-state index is -0.246. The van der Waals surface area contributed by atoms with Crippen molar-refractivity contribution in [2.45, 2.75) is 13.5 Å². The van der Waals surface area contributed by atoms with Gasteiger partial charge in [-0.05, 0) is 42.3 Å². The van der Waals surface area contributed by atoms with Gasteiger partial charge in [-0.1, -0.05) is 71.8 Å². The molecule has 0 spiro atoms. The van der Waals surface area contributed by atoms with Crippen LogP contribution in [0.15, 0.2) is 84.3 Å². The molecule has 3 aromatic carbocycles. The van der Waals surface area contributed by atoms with Crippen LogP contribution in [0.25, 0.3) is 17.3 Å². The number of hydrogen-bond donors (Lipinski definition) is 1. The van der Waals surface area contributed by atoms with E-state index in [1.165, 1.54) is 23.0 Å². The van der Waals surface area contributed by atoms with E-state index in [0.717, 1.165) is 28.1 Å². The van der Waals surface area contributed by atoms with Crippen LogP contribution in [0.2, 0.25) is 5.02 Å². The van der Waals surface area contributed by atoms with E-state index < -0.39 is 0 Å². The highest BCUT2D eigenvalue weighted by Crippen LogP contribution is 2.30. The third kappa shape index (κ3) is 5.84. The average Bonchev–Trinajstić information content (AvgIpc) is 3.26. The highest BCUT2D eigenvalue weighted by atomic mass is 35.5. The summed E-state index contributed by atoms with van der Waals surface area (Å²) in [5.74, 6) is 0.534. The van der Waals surface area contributed by atoms with Crippen molar-refractivity contribution in [1.82, 2.24) is 4.98 Å². The Morgan fingerprint density at radius 3 is 2.56 bits per heavy atom. The molecule has 0 radical (unpaired) electrons. The average molecular weight is 461 g/mol. The Labute approximate surface area is 196 Å². The molecule has 4 nitrogen and oxygen atoms in total. The highest BCUT2D eigenvalue weighted by Gasteiger charge is 2.09. The lowest BCUT2D eigenvalue weighted by Crippen LogP contribution is -2.07. The van der Waals surface area contributed by atoms with E-state index >= 15 is 0 Å². The maximum atomic E-state index is 12.3. The molecule has 0 saturated carbocycles. The van der Waals surface area contributed by atoms with Gasteiger partial charge in [-0.2, -0.15) is 0 Å². The third-order valence-corrected chi connectivity index (χ3v) is 5.80. The molecule has 1 amide bonds. The van der Waals surface area contributed by atoms with Crippen molar-refractivity contribution in [1.29, 1.82) is 0 Å². The van der Waals surface area contributed by atoms with Crippen molar-refractivity contribution >= 4 is 40.1 Å². The topological polar surface area (TPSA) is 51.2 Å². The van der Waals surface area contributed by atoms with Gasteiger partial charge in [0.15, 0.2) is 5.13 Å². The van der Waals surface area contributed by atoms with Crippen LogP contribution in [0.4, 0.5) is 5.13 Å². The molecule has 0 bridgehead atoms. The minimum Gasteiger partial charge on any atom is -0.489 e. The highest BCUT2D eigenvalue weighted by molar-refractivity contribution is 7.14. The van der Waals surface area contributed by atoms with Crippen molar-refractivity contribution in [3.63, 3.8) is 0 Å². The molecule has 0 aliphatic carbocycles. The second kappa shape index (κ2) is 10.3. The maximum Gasteiger partial charge on any atom is 0.250 e. The Balaban J connectivity index is 1.31. The van der Waals surface area contributed by atoms with Gasteiger partial charge in [-0.3, -0.25) is 10.1 Å². The van der Waals surface area contributed by atoms with Gasteiger partial charge >= 0.3 is 0 Å². The number of hydrogen-bond acceptors (Lipinski definition) is 4. The third-order valence-electron chi connectivity index (χ3n) is 4.72. The van der Waals surface area contributed by atoms with Crippen LogP contribution in [-0.4, -0.2) is 10.9 Å². The Bertz CT molecular complexity index is 1230. The summed E-state index contributed by atoms with van der Waals surface area (Å²) in [7, 11) is 0. The number of aryl methyl sites for hydroxylation is 1. The predicted octanol–water partition coefficient (Wildman–Crippen LogP) is 7.00. The van der Waals surface area contributed by atoms with Crippen molar-refractivity contribution < 1.29 is 9.53 Å². The van der Waals surface area contributed by atoms with Gasteiger partial charge < -0.3 is 4.74 Å². The van der Waals surface area contributed by atoms with Gasteiger partial charge in [-0.25, -0.2) is 4.98 Å². The maximum absolute atomic E-state index is 12.3. The molecule has 6 heteroatoms. The predicted molar refractivity (Wildman–Crippen MR) is 132 cm³/mol. The van der Waals surface area contributed by atoms with Crippen LogP contribution in [0.3, 0.4) is 0 Å². The molecule has 1 N–H and O–H groups in total. The van der Waals surface area contributed by atoms with E-state index in [1.807, 2.05) is 53.9 Å². The number of amides is 1. The fourth-order valence-electron chi connectivity index (χ4n) is 2.97. The van der Waals surface area contributed by atoms with Crippen LogP contribution in [-0.2, 0) is 11.4 Å². The number of nitrogens with one attached hydrogen (secondary N) is 1. The first kappa shape index (κ1) is 21.8. The lowest BCUT2D eigenvalue weighted by molar-refractivity contribution is -0.111. The van der Waals surface area contributed by atoms with Crippen LogP contribution in [0.1, 0.15) is 16.7 Å². The molecular weight excluding hydrogens is 440 g/mol. The van der Waals surface area contributed by atoms with E-state index in [9.17, 15) is 4.79 Å². The van der Waals surface area contributed by atoms with E-state index in [0.29, 0.717) is 16.8 Å². The smallest absolute Gasteiger partial charge is 0.250 e. The zero-order chi connectivity index (χ0) is 22.3. The number of carbonyl (C=O) groups excluding carboxylic acids is 1. The summed E-state index contributed by atoms with van der Waals surface area (Å²) in [6, 6.07) is 23.4. The number of nitrogens with zero attached hydrogens (tertiary/aromatic N) is 1. The first-order valence-corrected chi connectivity index (χ1v) is 11.3. The number of halogens is 1. The number of carbonyl (C=O) groups is 1. The molecule has 0 atom stereocenters. The fourth-order valence-corrected chi connectivity index (χ4v) is 3.91. The summed E-state index contributed by atoms with van der Waals surface area (Å²) in [5, 5.41) is 5.81. The normalized spacial score (nSPS) is 10.9. The van der Waals surface area contributed by atoms with Gasteiger partial charge in [0.1, 0.15) is 12.4 Å². The van der Waals surface area contributed by atoms with Crippen molar-refractivity contribution in [3.05, 3.63) is 106 Å². The zero-order valence-corrected chi connectivity index (χ0v) is 19.0. The molecule has 0 aliphatic heterocycles. The van der Waals surface area contributed by atoms with Crippen molar-refractivity contribution in [2.24, 2.45) is 0 Å². The number of ether oxygens (including phenoxy) is 1. The number of anilines is 1. The Hall–Kier alpha value is -3.41. The van der Waals surface area contributed by atoms with Gasteiger partial charge in [0.25, 0.3) is 0 Å². The first-order chi connectivity index (χ1) is 15.6. The van der Waals surface area contributed by atoms with Crippen molar-refractivity contribution in [2.75, 3.05) is 5.32 Å². The standard InChI is InChI=1S/C26H21ClN2O2S/c1-18-6-8-20(9-7-18)16-31-21-13-10-19(11-14-21)12-15-25(30)29-26-28-24(17-32-26)22-4-2-3-5-23(22)27/h2-15,17H,16H2,1H3,(H,28,29,30). The minimum absolute atomic E-state index is 0.246. The summed E-state index contributed by atoms with van der Waals surface area (Å²) in [6.07, 6.45) is 3.24. The largest absolute Gasteiger partial charge is 0.489 e. The summed E-state index contributed by atoms with van der Waals surface area (Å²) in [5.41, 5.74) is 4.83. The Kier molecular flexibility index (Phi) is 7.00. The molecule has 1 aromatic heterocycles. The quantitative estimate of drug-likeness (QED) is 0.302. The van der Waals surface area contributed by atoms with E-state index in [4.69, 9.17) is 16.3 Å². The van der Waals surface area contributed by atoms with Gasteiger partial charge in [0.2, 0.25) is 5.91 Å². The lowest BCUT2D eigenvalue weighted by Gasteiger charge is -2.07. The zero-order valence-electron chi connectivity index (χ0n) is 17.4. The SMILES string of the molecule is Cc1ccc(COc2ccc(C=CC(=O)Nc3nc(-c4ccccc4Cl)cs3)cc2)cc1.